The topological polar surface area (TPSA) is 83.6 Å². The molecule has 0 saturated carbocycles. The number of carbonyl (C=O) groups is 2. The van der Waals surface area contributed by atoms with Crippen LogP contribution in [0.5, 0.6) is 5.75 Å². The summed E-state index contributed by atoms with van der Waals surface area (Å²) in [6, 6.07) is 6.95. The molecule has 0 bridgehead atoms. The first-order valence-electron chi connectivity index (χ1n) is 8.06. The van der Waals surface area contributed by atoms with Crippen molar-refractivity contribution in [2.45, 2.75) is 12.8 Å². The molecule has 25 heavy (non-hydrogen) atoms. The zero-order chi connectivity index (χ0) is 17.6. The third-order valence-electron chi connectivity index (χ3n) is 4.08. The van der Waals surface area contributed by atoms with Crippen LogP contribution < -0.4 is 15.4 Å². The zero-order valence-corrected chi connectivity index (χ0v) is 14.7. The summed E-state index contributed by atoms with van der Waals surface area (Å²) in [5.41, 5.74) is 0.695. The summed E-state index contributed by atoms with van der Waals surface area (Å²) in [5, 5.41) is 8.07. The first-order valence-corrected chi connectivity index (χ1v) is 8.94. The monoisotopic (exact) mass is 360 g/mol. The fourth-order valence-electron chi connectivity index (χ4n) is 2.75. The van der Waals surface area contributed by atoms with E-state index in [1.54, 1.807) is 42.5 Å². The van der Waals surface area contributed by atoms with Crippen LogP contribution >= 0.6 is 11.3 Å². The number of amides is 3. The Labute approximate surface area is 150 Å². The summed E-state index contributed by atoms with van der Waals surface area (Å²) in [5.74, 6) is 0.422. The van der Waals surface area contributed by atoms with Crippen LogP contribution in [0.3, 0.4) is 0 Å². The number of likely N-dealkylation sites (tertiary alicyclic amines) is 1. The average molecular weight is 360 g/mol. The molecule has 0 spiro atoms. The van der Waals surface area contributed by atoms with Gasteiger partial charge in [-0.1, -0.05) is 0 Å². The normalized spacial score (nSPS) is 17.0. The maximum atomic E-state index is 12.4. The van der Waals surface area contributed by atoms with E-state index in [1.165, 1.54) is 11.3 Å². The molecule has 0 radical (unpaired) electrons. The predicted molar refractivity (Wildman–Crippen MR) is 97.1 cm³/mol. The van der Waals surface area contributed by atoms with E-state index in [4.69, 9.17) is 4.74 Å². The van der Waals surface area contributed by atoms with Gasteiger partial charge in [0, 0.05) is 30.4 Å². The van der Waals surface area contributed by atoms with Gasteiger partial charge in [-0.2, -0.15) is 0 Å². The van der Waals surface area contributed by atoms with Crippen molar-refractivity contribution in [3.8, 4) is 5.75 Å². The van der Waals surface area contributed by atoms with Gasteiger partial charge in [-0.25, -0.2) is 9.78 Å². The summed E-state index contributed by atoms with van der Waals surface area (Å²) in [6.07, 6.45) is 3.21. The molecule has 2 N–H and O–H groups in total. The summed E-state index contributed by atoms with van der Waals surface area (Å²) < 4.78 is 5.10. The van der Waals surface area contributed by atoms with Crippen molar-refractivity contribution in [1.82, 2.24) is 9.88 Å². The lowest BCUT2D eigenvalue weighted by Crippen LogP contribution is -2.45. The molecule has 1 saturated heterocycles. The van der Waals surface area contributed by atoms with Crippen LogP contribution in [0.15, 0.2) is 35.8 Å². The number of hydrogen-bond donors (Lipinski definition) is 2. The van der Waals surface area contributed by atoms with Gasteiger partial charge in [-0.05, 0) is 37.1 Å². The molecule has 132 valence electrons. The predicted octanol–water partition coefficient (Wildman–Crippen LogP) is 3.03. The number of methoxy groups -OCH3 is 1. The van der Waals surface area contributed by atoms with Gasteiger partial charge in [0.2, 0.25) is 5.91 Å². The molecule has 7 nitrogen and oxygen atoms in total. The molecular weight excluding hydrogens is 340 g/mol. The highest BCUT2D eigenvalue weighted by Gasteiger charge is 2.28. The lowest BCUT2D eigenvalue weighted by molar-refractivity contribution is -0.121. The Morgan fingerprint density at radius 3 is 2.76 bits per heavy atom. The number of urea groups is 1. The molecule has 0 unspecified atom stereocenters. The van der Waals surface area contributed by atoms with Crippen molar-refractivity contribution < 1.29 is 14.3 Å². The van der Waals surface area contributed by atoms with Crippen molar-refractivity contribution in [3.63, 3.8) is 0 Å². The second kappa shape index (κ2) is 7.98. The maximum absolute atomic E-state index is 12.4. The minimum atomic E-state index is -0.223. The molecule has 0 aliphatic carbocycles. The molecule has 1 atom stereocenters. The molecular formula is C17H20N4O3S. The van der Waals surface area contributed by atoms with Gasteiger partial charge in [0.05, 0.1) is 13.0 Å². The third kappa shape index (κ3) is 4.48. The molecule has 1 fully saturated rings. The number of ether oxygens (including phenoxy) is 1. The molecule has 3 rings (SSSR count). The number of nitrogens with one attached hydrogen (secondary N) is 2. The molecule has 2 aromatic rings. The number of carbonyl (C=O) groups excluding carboxylic acids is 2. The lowest BCUT2D eigenvalue weighted by Gasteiger charge is -2.31. The van der Waals surface area contributed by atoms with E-state index in [-0.39, 0.29) is 17.9 Å². The molecule has 3 amide bonds. The van der Waals surface area contributed by atoms with Gasteiger partial charge < -0.3 is 20.3 Å². The van der Waals surface area contributed by atoms with Gasteiger partial charge in [0.1, 0.15) is 5.75 Å². The molecule has 2 heterocycles. The fraction of sp³-hybridized carbons (Fsp3) is 0.353. The SMILES string of the molecule is COc1ccc(NC(=O)N2CCC[C@H](C(=O)Nc3nccs3)C2)cc1. The molecule has 1 aromatic carbocycles. The van der Waals surface area contributed by atoms with E-state index in [1.807, 2.05) is 5.38 Å². The van der Waals surface area contributed by atoms with E-state index >= 15 is 0 Å². The second-order valence-electron chi connectivity index (χ2n) is 5.77. The number of nitrogens with zero attached hydrogens (tertiary/aromatic N) is 2. The van der Waals surface area contributed by atoms with E-state index in [0.29, 0.717) is 23.9 Å². The standard InChI is InChI=1S/C17H20N4O3S/c1-24-14-6-4-13(5-7-14)19-17(23)21-9-2-3-12(11-21)15(22)20-16-18-8-10-25-16/h4-8,10,12H,2-3,9,11H2,1H3,(H,19,23)(H,18,20,22)/t12-/m0/s1. The van der Waals surface area contributed by atoms with Gasteiger partial charge >= 0.3 is 6.03 Å². The van der Waals surface area contributed by atoms with Crippen LogP contribution in [0.4, 0.5) is 15.6 Å². The summed E-state index contributed by atoms with van der Waals surface area (Å²) in [6.45, 7) is 1.04. The number of thiazole rings is 1. The van der Waals surface area contributed by atoms with Crippen molar-refractivity contribution >= 4 is 34.1 Å². The quantitative estimate of drug-likeness (QED) is 0.878. The van der Waals surface area contributed by atoms with E-state index < -0.39 is 0 Å². The largest absolute Gasteiger partial charge is 0.497 e. The second-order valence-corrected chi connectivity index (χ2v) is 6.66. The Hall–Kier alpha value is -2.61. The smallest absolute Gasteiger partial charge is 0.321 e. The van der Waals surface area contributed by atoms with E-state index in [0.717, 1.165) is 18.6 Å². The van der Waals surface area contributed by atoms with Crippen LogP contribution in [0, 0.1) is 5.92 Å². The molecule has 1 aromatic heterocycles. The van der Waals surface area contributed by atoms with Crippen molar-refractivity contribution in [1.29, 1.82) is 0 Å². The average Bonchev–Trinajstić information content (AvgIpc) is 3.15. The third-order valence-corrected chi connectivity index (χ3v) is 4.77. The van der Waals surface area contributed by atoms with Crippen molar-refractivity contribution in [2.75, 3.05) is 30.8 Å². The summed E-state index contributed by atoms with van der Waals surface area (Å²) in [4.78, 5) is 30.5. The minimum absolute atomic E-state index is 0.0862. The van der Waals surface area contributed by atoms with Crippen LogP contribution in [-0.2, 0) is 4.79 Å². The van der Waals surface area contributed by atoms with Gasteiger partial charge in [-0.3, -0.25) is 4.79 Å². The number of piperidine rings is 1. The van der Waals surface area contributed by atoms with E-state index in [2.05, 4.69) is 15.6 Å². The highest BCUT2D eigenvalue weighted by molar-refractivity contribution is 7.13. The highest BCUT2D eigenvalue weighted by atomic mass is 32.1. The first-order chi connectivity index (χ1) is 12.2. The van der Waals surface area contributed by atoms with Crippen LogP contribution in [0.25, 0.3) is 0 Å². The van der Waals surface area contributed by atoms with E-state index in [9.17, 15) is 9.59 Å². The Morgan fingerprint density at radius 2 is 2.08 bits per heavy atom. The first kappa shape index (κ1) is 17.2. The van der Waals surface area contributed by atoms with Crippen LogP contribution in [0.1, 0.15) is 12.8 Å². The lowest BCUT2D eigenvalue weighted by atomic mass is 9.97. The number of hydrogen-bond acceptors (Lipinski definition) is 5. The Kier molecular flexibility index (Phi) is 5.49. The molecule has 1 aliphatic heterocycles. The van der Waals surface area contributed by atoms with Crippen molar-refractivity contribution in [3.05, 3.63) is 35.8 Å². The number of aromatic nitrogens is 1. The number of anilines is 2. The number of benzene rings is 1. The molecule has 8 heteroatoms. The fourth-order valence-corrected chi connectivity index (χ4v) is 3.28. The van der Waals surface area contributed by atoms with Gasteiger partial charge in [0.15, 0.2) is 5.13 Å². The molecule has 1 aliphatic rings. The Balaban J connectivity index is 1.56. The Morgan fingerprint density at radius 1 is 1.28 bits per heavy atom. The number of rotatable bonds is 4. The van der Waals surface area contributed by atoms with Gasteiger partial charge in [-0.15, -0.1) is 11.3 Å². The Bertz CT molecular complexity index is 718. The highest BCUT2D eigenvalue weighted by Crippen LogP contribution is 2.21. The van der Waals surface area contributed by atoms with Crippen molar-refractivity contribution in [2.24, 2.45) is 5.92 Å². The zero-order valence-electron chi connectivity index (χ0n) is 13.9. The maximum Gasteiger partial charge on any atom is 0.321 e. The van der Waals surface area contributed by atoms with Crippen LogP contribution in [-0.4, -0.2) is 42.0 Å². The van der Waals surface area contributed by atoms with Gasteiger partial charge in [0.25, 0.3) is 0 Å². The summed E-state index contributed by atoms with van der Waals surface area (Å²) >= 11 is 1.38. The van der Waals surface area contributed by atoms with Crippen LogP contribution in [0.2, 0.25) is 0 Å². The minimum Gasteiger partial charge on any atom is -0.497 e. The summed E-state index contributed by atoms with van der Waals surface area (Å²) in [7, 11) is 1.60.